The number of nitrogens with one attached hydrogen (secondary N) is 1. The van der Waals surface area contributed by atoms with Crippen molar-refractivity contribution in [3.8, 4) is 5.75 Å². The lowest BCUT2D eigenvalue weighted by Gasteiger charge is -2.19. The minimum absolute atomic E-state index is 0.0349. The van der Waals surface area contributed by atoms with Gasteiger partial charge in [0.05, 0.1) is 10.7 Å². The first-order valence-corrected chi connectivity index (χ1v) is 14.8. The van der Waals surface area contributed by atoms with Crippen molar-refractivity contribution >= 4 is 66.1 Å². The average Bonchev–Trinajstić information content (AvgIpc) is 3.29. The first-order chi connectivity index (χ1) is 16.6. The lowest BCUT2D eigenvalue weighted by atomic mass is 10.2. The summed E-state index contributed by atoms with van der Waals surface area (Å²) in [4.78, 5) is 26.5. The van der Waals surface area contributed by atoms with E-state index in [0.717, 1.165) is 29.3 Å². The molecule has 0 atom stereocenters. The number of thiocarbonyl (C=S) groups is 1. The molecule has 0 radical (unpaired) electrons. The van der Waals surface area contributed by atoms with Gasteiger partial charge in [-0.3, -0.25) is 28.7 Å². The number of rotatable bonds is 8. The Hall–Kier alpha value is -2.66. The zero-order valence-electron chi connectivity index (χ0n) is 19.7. The fraction of sp³-hybridized carbons (Fsp3) is 0.350. The molecule has 2 aliphatic rings. The third-order valence-electron chi connectivity index (χ3n) is 5.04. The number of hydrogen-bond donors (Lipinski definition) is 2. The zero-order chi connectivity index (χ0) is 27.0. The maximum absolute atomic E-state index is 12.7. The van der Waals surface area contributed by atoms with E-state index in [1.165, 1.54) is 6.08 Å². The van der Waals surface area contributed by atoms with Crippen molar-refractivity contribution in [2.45, 2.75) is 20.8 Å². The Bertz CT molecular complexity index is 1440. The zero-order valence-corrected chi connectivity index (χ0v) is 23.0. The van der Waals surface area contributed by atoms with E-state index in [0.29, 0.717) is 23.0 Å². The molecule has 0 unspecified atom stereocenters. The standard InChI is InChI=1S/C20H24N4O8S4/c1-12(9-16-19(26)24(20(33)34-16)11-35(27,28)21-14(3)25)5-6-17-23(7-8-36(29,30)31)18-15(32-17)10-13(2)22(18)4/h5-6,9-10H,7-8,11H2,1-4H3,(H,21,25)(H,29,30,31). The highest BCUT2D eigenvalue weighted by molar-refractivity contribution is 8.26. The highest BCUT2D eigenvalue weighted by atomic mass is 32.2. The number of aromatic nitrogens is 1. The van der Waals surface area contributed by atoms with E-state index in [1.54, 1.807) is 41.8 Å². The molecule has 1 saturated heterocycles. The number of sulfonamides is 1. The van der Waals surface area contributed by atoms with Crippen LogP contribution in [0.15, 0.2) is 40.7 Å². The van der Waals surface area contributed by atoms with Crippen molar-refractivity contribution < 1.29 is 35.7 Å². The van der Waals surface area contributed by atoms with Gasteiger partial charge in [0, 0.05) is 32.3 Å². The smallest absolute Gasteiger partial charge is 0.267 e. The number of thioether (sulfide) groups is 1. The number of carbonyl (C=O) groups is 2. The molecule has 0 bridgehead atoms. The van der Waals surface area contributed by atoms with Gasteiger partial charge < -0.3 is 9.30 Å². The molecule has 16 heteroatoms. The van der Waals surface area contributed by atoms with Crippen LogP contribution in [-0.2, 0) is 36.8 Å². The summed E-state index contributed by atoms with van der Waals surface area (Å²) in [6, 6.07) is 1.80. The number of hydrogen-bond acceptors (Lipinski definition) is 10. The summed E-state index contributed by atoms with van der Waals surface area (Å²) >= 11 is 6.05. The van der Waals surface area contributed by atoms with E-state index in [4.69, 9.17) is 17.0 Å². The number of allylic oxidation sites excluding steroid dienone is 4. The fourth-order valence-electron chi connectivity index (χ4n) is 3.38. The Kier molecular flexibility index (Phi) is 8.04. The summed E-state index contributed by atoms with van der Waals surface area (Å²) in [6.07, 6.45) is 4.75. The highest BCUT2D eigenvalue weighted by Gasteiger charge is 2.35. The molecule has 0 aliphatic carbocycles. The van der Waals surface area contributed by atoms with Gasteiger partial charge in [-0.05, 0) is 31.6 Å². The van der Waals surface area contributed by atoms with Gasteiger partial charge in [0.1, 0.15) is 10.2 Å². The first-order valence-electron chi connectivity index (χ1n) is 10.3. The van der Waals surface area contributed by atoms with Gasteiger partial charge in [-0.2, -0.15) is 8.42 Å². The summed E-state index contributed by atoms with van der Waals surface area (Å²) in [5.41, 5.74) is 1.49. The maximum atomic E-state index is 12.7. The molecule has 0 saturated carbocycles. The predicted molar refractivity (Wildman–Crippen MR) is 139 cm³/mol. The maximum Gasteiger partial charge on any atom is 0.267 e. The molecule has 3 heterocycles. The van der Waals surface area contributed by atoms with Crippen LogP contribution in [0.3, 0.4) is 0 Å². The van der Waals surface area contributed by atoms with Crippen LogP contribution in [0.4, 0.5) is 5.82 Å². The first kappa shape index (κ1) is 27.9. The van der Waals surface area contributed by atoms with Gasteiger partial charge in [-0.1, -0.05) is 30.1 Å². The lowest BCUT2D eigenvalue weighted by Crippen LogP contribution is -2.40. The molecule has 196 valence electrons. The number of amides is 2. The summed E-state index contributed by atoms with van der Waals surface area (Å²) in [5, 5.41) is 0. The molecular formula is C20H24N4O8S4. The highest BCUT2D eigenvalue weighted by Crippen LogP contribution is 2.41. The van der Waals surface area contributed by atoms with Crippen LogP contribution in [-0.4, -0.2) is 65.2 Å². The molecule has 3 rings (SSSR count). The minimum Gasteiger partial charge on any atom is -0.437 e. The molecule has 0 spiro atoms. The van der Waals surface area contributed by atoms with Gasteiger partial charge in [-0.25, -0.2) is 8.42 Å². The van der Waals surface area contributed by atoms with Crippen LogP contribution in [0, 0.1) is 6.92 Å². The van der Waals surface area contributed by atoms with E-state index < -0.39 is 43.6 Å². The van der Waals surface area contributed by atoms with Crippen molar-refractivity contribution in [1.29, 1.82) is 0 Å². The van der Waals surface area contributed by atoms with Gasteiger partial charge >= 0.3 is 0 Å². The number of fused-ring (bicyclic) bond motifs is 1. The number of ether oxygens (including phenoxy) is 1. The average molecular weight is 577 g/mol. The van der Waals surface area contributed by atoms with Crippen LogP contribution in [0.5, 0.6) is 5.75 Å². The Morgan fingerprint density at radius 3 is 2.53 bits per heavy atom. The van der Waals surface area contributed by atoms with E-state index >= 15 is 0 Å². The van der Waals surface area contributed by atoms with Crippen molar-refractivity contribution in [2.24, 2.45) is 7.05 Å². The summed E-state index contributed by atoms with van der Waals surface area (Å²) in [6.45, 7) is 4.56. The van der Waals surface area contributed by atoms with Crippen molar-refractivity contribution in [3.63, 3.8) is 0 Å². The van der Waals surface area contributed by atoms with Gasteiger partial charge in [-0.15, -0.1) is 0 Å². The number of aryl methyl sites for hydroxylation is 1. The Labute approximate surface area is 218 Å². The molecule has 36 heavy (non-hydrogen) atoms. The largest absolute Gasteiger partial charge is 0.437 e. The van der Waals surface area contributed by atoms with Crippen molar-refractivity contribution in [3.05, 3.63) is 46.3 Å². The number of anilines is 1. The summed E-state index contributed by atoms with van der Waals surface area (Å²) in [7, 11) is -6.49. The Morgan fingerprint density at radius 2 is 1.92 bits per heavy atom. The van der Waals surface area contributed by atoms with Crippen LogP contribution in [0.1, 0.15) is 19.5 Å². The molecule has 2 amide bonds. The Balaban J connectivity index is 1.82. The molecule has 0 aromatic carbocycles. The lowest BCUT2D eigenvalue weighted by molar-refractivity contribution is -0.122. The summed E-state index contributed by atoms with van der Waals surface area (Å²) < 4.78 is 65.4. The van der Waals surface area contributed by atoms with Crippen LogP contribution in [0.25, 0.3) is 0 Å². The molecule has 1 fully saturated rings. The molecule has 1 aromatic rings. The molecule has 12 nitrogen and oxygen atoms in total. The van der Waals surface area contributed by atoms with E-state index in [2.05, 4.69) is 0 Å². The van der Waals surface area contributed by atoms with Crippen molar-refractivity contribution in [1.82, 2.24) is 14.2 Å². The molecular weight excluding hydrogens is 553 g/mol. The van der Waals surface area contributed by atoms with E-state index in [-0.39, 0.29) is 15.8 Å². The van der Waals surface area contributed by atoms with E-state index in [1.807, 2.05) is 11.5 Å². The van der Waals surface area contributed by atoms with Crippen molar-refractivity contribution in [2.75, 3.05) is 23.1 Å². The molecule has 2 N–H and O–H groups in total. The second-order valence-corrected chi connectivity index (χ2v) is 12.9. The second-order valence-electron chi connectivity index (χ2n) is 8.00. The monoisotopic (exact) mass is 576 g/mol. The second kappa shape index (κ2) is 10.4. The van der Waals surface area contributed by atoms with Gasteiger partial charge in [0.15, 0.2) is 11.6 Å². The van der Waals surface area contributed by atoms with E-state index in [9.17, 15) is 31.0 Å². The predicted octanol–water partition coefficient (Wildman–Crippen LogP) is 1.38. The molecule has 1 aromatic heterocycles. The Morgan fingerprint density at radius 1 is 1.25 bits per heavy atom. The minimum atomic E-state index is -4.21. The number of carbonyl (C=O) groups excluding carboxylic acids is 2. The third kappa shape index (κ3) is 6.56. The van der Waals surface area contributed by atoms with Crippen LogP contribution < -0.4 is 14.4 Å². The fourth-order valence-corrected chi connectivity index (χ4v) is 6.35. The molecule has 2 aliphatic heterocycles. The van der Waals surface area contributed by atoms with Gasteiger partial charge in [0.25, 0.3) is 26.0 Å². The quantitative estimate of drug-likeness (QED) is 0.262. The van der Waals surface area contributed by atoms with Crippen LogP contribution in [0.2, 0.25) is 0 Å². The number of nitrogens with zero attached hydrogens (tertiary/aromatic N) is 3. The topological polar surface area (TPSA) is 155 Å². The van der Waals surface area contributed by atoms with Crippen LogP contribution >= 0.6 is 24.0 Å². The normalized spacial score (nSPS) is 18.9. The van der Waals surface area contributed by atoms with Gasteiger partial charge in [0.2, 0.25) is 11.8 Å². The summed E-state index contributed by atoms with van der Waals surface area (Å²) in [5.74, 6) is -1.20. The SMILES string of the molecule is CC(=O)NS(=O)(=O)CN1C(=O)C(=CC(C)=CC=C2Oc3cc(C)n(C)c3N2CCS(=O)(=O)O)SC1=S. The third-order valence-corrected chi connectivity index (χ3v) is 8.31.